The minimum absolute atomic E-state index is 0.168. The van der Waals surface area contributed by atoms with Gasteiger partial charge in [-0.2, -0.15) is 11.8 Å². The van der Waals surface area contributed by atoms with E-state index in [0.29, 0.717) is 12.2 Å². The number of carbonyl (C=O) groups excluding carboxylic acids is 3. The van der Waals surface area contributed by atoms with Crippen molar-refractivity contribution in [2.45, 2.75) is 25.4 Å². The van der Waals surface area contributed by atoms with Gasteiger partial charge in [0.05, 0.1) is 0 Å². The van der Waals surface area contributed by atoms with Gasteiger partial charge in [-0.3, -0.25) is 14.5 Å². The minimum Gasteiger partial charge on any atom is -0.480 e. The van der Waals surface area contributed by atoms with E-state index in [-0.39, 0.29) is 18.2 Å². The zero-order chi connectivity index (χ0) is 15.3. The lowest BCUT2D eigenvalue weighted by molar-refractivity contribution is -0.139. The van der Waals surface area contributed by atoms with Gasteiger partial charge < -0.3 is 15.7 Å². The molecule has 1 aliphatic heterocycles. The second-order valence-corrected chi connectivity index (χ2v) is 5.91. The molecule has 4 amide bonds. The average molecular weight is 303 g/mol. The van der Waals surface area contributed by atoms with Crippen molar-refractivity contribution in [3.8, 4) is 0 Å². The van der Waals surface area contributed by atoms with Crippen LogP contribution in [0, 0.1) is 0 Å². The van der Waals surface area contributed by atoms with Crippen molar-refractivity contribution in [1.29, 1.82) is 0 Å². The summed E-state index contributed by atoms with van der Waals surface area (Å²) in [6, 6.07) is -1.42. The predicted octanol–water partition coefficient (Wildman–Crippen LogP) is -0.751. The number of nitrogens with zero attached hydrogens (tertiary/aromatic N) is 1. The molecule has 0 radical (unpaired) electrons. The van der Waals surface area contributed by atoms with Crippen LogP contribution < -0.4 is 10.6 Å². The third kappa shape index (κ3) is 3.86. The fourth-order valence-electron chi connectivity index (χ4n) is 1.65. The van der Waals surface area contributed by atoms with Crippen molar-refractivity contribution in [3.63, 3.8) is 0 Å². The number of hydrogen-bond acceptors (Lipinski definition) is 5. The first-order valence-corrected chi connectivity index (χ1v) is 7.09. The summed E-state index contributed by atoms with van der Waals surface area (Å²) in [6.07, 6.45) is 0.333. The van der Waals surface area contributed by atoms with Crippen LogP contribution in [-0.2, 0) is 14.4 Å². The topological polar surface area (TPSA) is 116 Å². The number of nitrogens with one attached hydrogen (secondary N) is 2. The molecule has 1 atom stereocenters. The number of imide groups is 1. The highest BCUT2D eigenvalue weighted by atomic mass is 32.2. The predicted molar refractivity (Wildman–Crippen MR) is 72.3 cm³/mol. The van der Waals surface area contributed by atoms with Gasteiger partial charge in [0, 0.05) is 18.1 Å². The van der Waals surface area contributed by atoms with Crippen LogP contribution in [0.2, 0.25) is 0 Å². The van der Waals surface area contributed by atoms with Gasteiger partial charge in [-0.05, 0) is 13.8 Å². The Bertz CT molecular complexity index is 426. The molecule has 0 bridgehead atoms. The molecule has 0 aromatic heterocycles. The molecule has 0 aliphatic carbocycles. The summed E-state index contributed by atoms with van der Waals surface area (Å²) >= 11 is 1.24. The van der Waals surface area contributed by atoms with Gasteiger partial charge in [0.15, 0.2) is 0 Å². The maximum Gasteiger partial charge on any atom is 0.327 e. The SMILES string of the molecule is CC1(C)NC(=O)N(CCSCC(NC=O)C(=O)O)C1=O. The average Bonchev–Trinajstić information content (AvgIpc) is 2.54. The van der Waals surface area contributed by atoms with Gasteiger partial charge in [0.25, 0.3) is 5.91 Å². The molecular weight excluding hydrogens is 286 g/mol. The molecule has 9 heteroatoms. The minimum atomic E-state index is -1.12. The van der Waals surface area contributed by atoms with Crippen LogP contribution in [-0.4, -0.2) is 64.0 Å². The summed E-state index contributed by atoms with van der Waals surface area (Å²) < 4.78 is 0. The van der Waals surface area contributed by atoms with Crippen molar-refractivity contribution < 1.29 is 24.3 Å². The molecule has 1 heterocycles. The number of carboxylic acids is 1. The Morgan fingerprint density at radius 2 is 2.20 bits per heavy atom. The van der Waals surface area contributed by atoms with E-state index in [1.54, 1.807) is 13.8 Å². The summed E-state index contributed by atoms with van der Waals surface area (Å²) in [4.78, 5) is 45.5. The van der Waals surface area contributed by atoms with Crippen molar-refractivity contribution in [2.75, 3.05) is 18.1 Å². The van der Waals surface area contributed by atoms with E-state index < -0.39 is 23.6 Å². The summed E-state index contributed by atoms with van der Waals surface area (Å²) in [5.41, 5.74) is -0.898. The fraction of sp³-hybridized carbons (Fsp3) is 0.636. The van der Waals surface area contributed by atoms with Gasteiger partial charge >= 0.3 is 12.0 Å². The van der Waals surface area contributed by atoms with E-state index in [0.717, 1.165) is 4.90 Å². The molecule has 1 aliphatic rings. The first-order chi connectivity index (χ1) is 9.29. The van der Waals surface area contributed by atoms with Crippen molar-refractivity contribution in [3.05, 3.63) is 0 Å². The molecule has 0 aromatic rings. The number of amides is 4. The Hall–Kier alpha value is -1.77. The summed E-state index contributed by atoms with van der Waals surface area (Å²) in [7, 11) is 0. The number of thioether (sulfide) groups is 1. The molecule has 3 N–H and O–H groups in total. The molecule has 1 unspecified atom stereocenters. The lowest BCUT2D eigenvalue weighted by Gasteiger charge is -2.16. The van der Waals surface area contributed by atoms with E-state index >= 15 is 0 Å². The lowest BCUT2D eigenvalue weighted by atomic mass is 10.1. The quantitative estimate of drug-likeness (QED) is 0.309. The highest BCUT2D eigenvalue weighted by molar-refractivity contribution is 7.99. The van der Waals surface area contributed by atoms with Crippen LogP contribution in [0.4, 0.5) is 4.79 Å². The normalized spacial score (nSPS) is 18.6. The molecule has 1 rings (SSSR count). The number of carboxylic acid groups (broad SMARTS) is 1. The number of carbonyl (C=O) groups is 4. The molecule has 1 saturated heterocycles. The van der Waals surface area contributed by atoms with Crippen LogP contribution in [0.5, 0.6) is 0 Å². The van der Waals surface area contributed by atoms with E-state index in [2.05, 4.69) is 10.6 Å². The van der Waals surface area contributed by atoms with Crippen molar-refractivity contribution in [2.24, 2.45) is 0 Å². The molecule has 112 valence electrons. The summed E-state index contributed by atoms with van der Waals surface area (Å²) in [6.45, 7) is 3.44. The van der Waals surface area contributed by atoms with Crippen molar-refractivity contribution in [1.82, 2.24) is 15.5 Å². The zero-order valence-corrected chi connectivity index (χ0v) is 12.0. The summed E-state index contributed by atoms with van der Waals surface area (Å²) in [5.74, 6) is -0.856. The maximum atomic E-state index is 11.9. The smallest absolute Gasteiger partial charge is 0.327 e. The Morgan fingerprint density at radius 3 is 2.65 bits per heavy atom. The van der Waals surface area contributed by atoms with Crippen LogP contribution >= 0.6 is 11.8 Å². The van der Waals surface area contributed by atoms with Crippen LogP contribution in [0.15, 0.2) is 0 Å². The van der Waals surface area contributed by atoms with E-state index in [9.17, 15) is 19.2 Å². The first kappa shape index (κ1) is 16.3. The van der Waals surface area contributed by atoms with Gasteiger partial charge in [0.2, 0.25) is 6.41 Å². The Kier molecular flexibility index (Phi) is 5.37. The fourth-order valence-corrected chi connectivity index (χ4v) is 2.60. The largest absolute Gasteiger partial charge is 0.480 e. The third-order valence-electron chi connectivity index (χ3n) is 2.76. The summed E-state index contributed by atoms with van der Waals surface area (Å²) in [5, 5.41) is 13.5. The third-order valence-corrected chi connectivity index (χ3v) is 3.80. The molecule has 8 nitrogen and oxygen atoms in total. The second kappa shape index (κ2) is 6.60. The number of aliphatic carboxylic acids is 1. The van der Waals surface area contributed by atoms with E-state index in [1.807, 2.05) is 0 Å². The molecule has 0 saturated carbocycles. The molecule has 20 heavy (non-hydrogen) atoms. The van der Waals surface area contributed by atoms with E-state index in [4.69, 9.17) is 5.11 Å². The van der Waals surface area contributed by atoms with Crippen molar-refractivity contribution >= 4 is 36.1 Å². The maximum absolute atomic E-state index is 11.9. The van der Waals surface area contributed by atoms with Gasteiger partial charge in [0.1, 0.15) is 11.6 Å². The van der Waals surface area contributed by atoms with Gasteiger partial charge in [-0.15, -0.1) is 0 Å². The lowest BCUT2D eigenvalue weighted by Crippen LogP contribution is -2.40. The first-order valence-electron chi connectivity index (χ1n) is 5.94. The monoisotopic (exact) mass is 303 g/mol. The standard InChI is InChI=1S/C11H17N3O5S/c1-11(2)9(18)14(10(19)13-11)3-4-20-5-7(8(16)17)12-6-15/h6-7H,3-5H2,1-2H3,(H,12,15)(H,13,19)(H,16,17). The molecular formula is C11H17N3O5S. The van der Waals surface area contributed by atoms with Crippen LogP contribution in [0.25, 0.3) is 0 Å². The highest BCUT2D eigenvalue weighted by Crippen LogP contribution is 2.17. The number of urea groups is 1. The molecule has 1 fully saturated rings. The van der Waals surface area contributed by atoms with Gasteiger partial charge in [-0.1, -0.05) is 0 Å². The van der Waals surface area contributed by atoms with Gasteiger partial charge in [-0.25, -0.2) is 9.59 Å². The molecule has 0 aromatic carbocycles. The van der Waals surface area contributed by atoms with Crippen LogP contribution in [0.3, 0.4) is 0 Å². The highest BCUT2D eigenvalue weighted by Gasteiger charge is 2.43. The Morgan fingerprint density at radius 1 is 1.55 bits per heavy atom. The Labute approximate surface area is 120 Å². The Balaban J connectivity index is 2.38. The second-order valence-electron chi connectivity index (χ2n) is 4.76. The zero-order valence-electron chi connectivity index (χ0n) is 11.2. The van der Waals surface area contributed by atoms with E-state index in [1.165, 1.54) is 11.8 Å². The number of rotatable bonds is 8. The molecule has 0 spiro atoms. The number of hydrogen-bond donors (Lipinski definition) is 3. The van der Waals surface area contributed by atoms with Crippen LogP contribution in [0.1, 0.15) is 13.8 Å².